The van der Waals surface area contributed by atoms with Gasteiger partial charge in [-0.3, -0.25) is 0 Å². The van der Waals surface area contributed by atoms with Crippen LogP contribution in [0.15, 0.2) is 78.9 Å². The van der Waals surface area contributed by atoms with E-state index in [1.165, 1.54) is 0 Å². The lowest BCUT2D eigenvalue weighted by atomic mass is 9.64. The molecule has 30 heavy (non-hydrogen) atoms. The highest BCUT2D eigenvalue weighted by Gasteiger charge is 2.37. The van der Waals surface area contributed by atoms with Gasteiger partial charge in [0.15, 0.2) is 0 Å². The Kier molecular flexibility index (Phi) is 6.21. The molecule has 2 atom stereocenters. The van der Waals surface area contributed by atoms with Crippen molar-refractivity contribution in [3.8, 4) is 17.2 Å². The summed E-state index contributed by atoms with van der Waals surface area (Å²) in [6, 6.07) is 22.1. The molecule has 0 aliphatic rings. The third-order valence-electron chi connectivity index (χ3n) is 5.89. The lowest BCUT2D eigenvalue weighted by Crippen LogP contribution is -2.32. The molecule has 0 aliphatic carbocycles. The Balaban J connectivity index is 2.19. The van der Waals surface area contributed by atoms with E-state index in [1.54, 1.807) is 36.4 Å². The molecule has 0 aromatic heterocycles. The van der Waals surface area contributed by atoms with Crippen LogP contribution in [0.25, 0.3) is 5.57 Å². The second-order valence-electron chi connectivity index (χ2n) is 8.52. The summed E-state index contributed by atoms with van der Waals surface area (Å²) in [5, 5.41) is 29.3. The van der Waals surface area contributed by atoms with Gasteiger partial charge in [-0.25, -0.2) is 0 Å². The van der Waals surface area contributed by atoms with Crippen molar-refractivity contribution in [2.24, 2.45) is 5.92 Å². The van der Waals surface area contributed by atoms with Gasteiger partial charge in [-0.05, 0) is 77.4 Å². The second kappa shape index (κ2) is 8.66. The molecule has 3 aromatic rings. The Labute approximate surface area is 179 Å². The van der Waals surface area contributed by atoms with Gasteiger partial charge in [0.1, 0.15) is 17.2 Å². The van der Waals surface area contributed by atoms with E-state index in [4.69, 9.17) is 0 Å². The molecule has 0 bridgehead atoms. The number of allylic oxidation sites excluding steroid dienone is 2. The van der Waals surface area contributed by atoms with Crippen molar-refractivity contribution < 1.29 is 15.3 Å². The first-order valence-electron chi connectivity index (χ1n) is 10.3. The fraction of sp³-hybridized carbons (Fsp3) is 0.259. The van der Waals surface area contributed by atoms with E-state index in [0.717, 1.165) is 22.3 Å². The average molecular weight is 403 g/mol. The molecule has 156 valence electrons. The molecule has 3 heteroatoms. The summed E-state index contributed by atoms with van der Waals surface area (Å²) in [4.78, 5) is 0. The van der Waals surface area contributed by atoms with Crippen LogP contribution in [0.1, 0.15) is 50.3 Å². The minimum absolute atomic E-state index is 0.134. The summed E-state index contributed by atoms with van der Waals surface area (Å²) in [5.74, 6) is 1.19. The number of phenolic OH excluding ortho intramolecular Hbond substituents is 3. The lowest BCUT2D eigenvalue weighted by Gasteiger charge is -2.40. The van der Waals surface area contributed by atoms with Crippen molar-refractivity contribution in [2.75, 3.05) is 0 Å². The summed E-state index contributed by atoms with van der Waals surface area (Å²) >= 11 is 0. The van der Waals surface area contributed by atoms with Gasteiger partial charge < -0.3 is 15.3 Å². The molecule has 3 nitrogen and oxygen atoms in total. The quantitative estimate of drug-likeness (QED) is 0.435. The molecule has 0 amide bonds. The fourth-order valence-electron chi connectivity index (χ4n) is 4.54. The highest BCUT2D eigenvalue weighted by atomic mass is 16.3. The lowest BCUT2D eigenvalue weighted by molar-refractivity contribution is 0.362. The number of hydrogen-bond acceptors (Lipinski definition) is 3. The van der Waals surface area contributed by atoms with Crippen molar-refractivity contribution >= 4 is 5.57 Å². The molecule has 3 aromatic carbocycles. The monoisotopic (exact) mass is 402 g/mol. The van der Waals surface area contributed by atoms with Crippen LogP contribution in [-0.4, -0.2) is 15.3 Å². The molecule has 0 fully saturated rings. The molecule has 0 spiro atoms. The summed E-state index contributed by atoms with van der Waals surface area (Å²) in [5.41, 5.74) is 4.03. The number of rotatable bonds is 6. The Morgan fingerprint density at radius 2 is 1.17 bits per heavy atom. The zero-order valence-electron chi connectivity index (χ0n) is 18.0. The fourth-order valence-corrected chi connectivity index (χ4v) is 4.54. The van der Waals surface area contributed by atoms with Crippen molar-refractivity contribution in [3.05, 3.63) is 95.6 Å². The van der Waals surface area contributed by atoms with Crippen molar-refractivity contribution in [2.45, 2.75) is 39.0 Å². The summed E-state index contributed by atoms with van der Waals surface area (Å²) in [7, 11) is 0. The smallest absolute Gasteiger partial charge is 0.115 e. The first-order chi connectivity index (χ1) is 14.2. The van der Waals surface area contributed by atoms with Crippen LogP contribution in [0.5, 0.6) is 17.2 Å². The van der Waals surface area contributed by atoms with Gasteiger partial charge in [0.25, 0.3) is 0 Å². The average Bonchev–Trinajstić information content (AvgIpc) is 2.70. The predicted octanol–water partition coefficient (Wildman–Crippen LogP) is 6.60. The zero-order valence-corrected chi connectivity index (χ0v) is 18.0. The summed E-state index contributed by atoms with van der Waals surface area (Å²) in [6.07, 6.45) is 2.28. The maximum absolute atomic E-state index is 9.84. The molecule has 0 radical (unpaired) electrons. The third kappa shape index (κ3) is 4.51. The van der Waals surface area contributed by atoms with Crippen molar-refractivity contribution in [1.82, 2.24) is 0 Å². The minimum Gasteiger partial charge on any atom is -0.508 e. The largest absolute Gasteiger partial charge is 0.508 e. The van der Waals surface area contributed by atoms with Gasteiger partial charge >= 0.3 is 0 Å². The van der Waals surface area contributed by atoms with Crippen LogP contribution in [0, 0.1) is 5.92 Å². The topological polar surface area (TPSA) is 60.7 Å². The number of benzene rings is 3. The Morgan fingerprint density at radius 3 is 1.63 bits per heavy atom. The van der Waals surface area contributed by atoms with Gasteiger partial charge in [-0.15, -0.1) is 0 Å². The number of phenols is 3. The predicted molar refractivity (Wildman–Crippen MR) is 123 cm³/mol. The van der Waals surface area contributed by atoms with E-state index in [2.05, 4.69) is 33.8 Å². The van der Waals surface area contributed by atoms with E-state index in [9.17, 15) is 15.3 Å². The number of aromatic hydroxyl groups is 3. The minimum atomic E-state index is -0.374. The van der Waals surface area contributed by atoms with Crippen LogP contribution in [0.3, 0.4) is 0 Å². The Morgan fingerprint density at radius 1 is 0.733 bits per heavy atom. The van der Waals surface area contributed by atoms with Gasteiger partial charge in [-0.1, -0.05) is 63.2 Å². The van der Waals surface area contributed by atoms with Gasteiger partial charge in [0.05, 0.1) is 0 Å². The molecule has 3 rings (SSSR count). The maximum Gasteiger partial charge on any atom is 0.115 e. The van der Waals surface area contributed by atoms with Crippen molar-refractivity contribution in [1.29, 1.82) is 0 Å². The number of hydrogen-bond donors (Lipinski definition) is 3. The van der Waals surface area contributed by atoms with Crippen LogP contribution < -0.4 is 0 Å². The standard InChI is InChI=1S/C27H30O3/c1-18(2)26(21-7-13-24(29)14-8-21)27(4,22-9-15-25(30)16-10-22)17-19(3)20-5-11-23(28)12-6-20/h5-18,26,28-30H,1-4H3/b19-17+. The van der Waals surface area contributed by atoms with Crippen LogP contribution in [0.2, 0.25) is 0 Å². The molecule has 0 saturated carbocycles. The normalized spacial score (nSPS) is 15.0. The SMILES string of the molecule is C/C(=C\C(C)(c1ccc(O)cc1)C(c1ccc(O)cc1)C(C)C)c1ccc(O)cc1. The summed E-state index contributed by atoms with van der Waals surface area (Å²) < 4.78 is 0. The third-order valence-corrected chi connectivity index (χ3v) is 5.89. The van der Waals surface area contributed by atoms with Crippen LogP contribution >= 0.6 is 0 Å². The van der Waals surface area contributed by atoms with E-state index in [-0.39, 0.29) is 28.6 Å². The van der Waals surface area contributed by atoms with Gasteiger partial charge in [0.2, 0.25) is 0 Å². The maximum atomic E-state index is 9.84. The first kappa shape index (κ1) is 21.5. The van der Waals surface area contributed by atoms with E-state index >= 15 is 0 Å². The van der Waals surface area contributed by atoms with Crippen LogP contribution in [-0.2, 0) is 5.41 Å². The van der Waals surface area contributed by atoms with E-state index in [1.807, 2.05) is 36.4 Å². The van der Waals surface area contributed by atoms with Gasteiger partial charge in [0, 0.05) is 5.41 Å². The van der Waals surface area contributed by atoms with Crippen molar-refractivity contribution in [3.63, 3.8) is 0 Å². The Hall–Kier alpha value is -3.20. The molecule has 0 aliphatic heterocycles. The highest BCUT2D eigenvalue weighted by molar-refractivity contribution is 5.66. The molecule has 0 heterocycles. The summed E-state index contributed by atoms with van der Waals surface area (Å²) in [6.45, 7) is 8.72. The Bertz CT molecular complexity index is 999. The highest BCUT2D eigenvalue weighted by Crippen LogP contribution is 2.46. The molecule has 3 N–H and O–H groups in total. The van der Waals surface area contributed by atoms with E-state index in [0.29, 0.717) is 5.92 Å². The van der Waals surface area contributed by atoms with Gasteiger partial charge in [-0.2, -0.15) is 0 Å². The molecule has 2 unspecified atom stereocenters. The molecular weight excluding hydrogens is 372 g/mol. The molecule has 0 saturated heterocycles. The molecular formula is C27H30O3. The first-order valence-corrected chi connectivity index (χ1v) is 10.3. The zero-order chi connectivity index (χ0) is 21.9. The van der Waals surface area contributed by atoms with Crippen LogP contribution in [0.4, 0.5) is 0 Å². The van der Waals surface area contributed by atoms with E-state index < -0.39 is 0 Å². The second-order valence-corrected chi connectivity index (χ2v) is 8.52.